The van der Waals surface area contributed by atoms with Gasteiger partial charge >= 0.3 is 6.09 Å². The fourth-order valence-corrected chi connectivity index (χ4v) is 2.38. The molecule has 1 fully saturated rings. The number of rotatable bonds is 5. The van der Waals surface area contributed by atoms with Crippen molar-refractivity contribution in [1.29, 1.82) is 0 Å². The Morgan fingerprint density at radius 3 is 2.67 bits per heavy atom. The number of allylic oxidation sites excluding steroid dienone is 1. The van der Waals surface area contributed by atoms with Crippen LogP contribution in [0.4, 0.5) is 9.18 Å². The number of nitrogens with one attached hydrogen (secondary N) is 2. The predicted octanol–water partition coefficient (Wildman–Crippen LogP) is 1.76. The number of ether oxygens (including phenoxy) is 2. The molecule has 4 unspecified atom stereocenters. The molecule has 0 saturated carbocycles. The zero-order valence-corrected chi connectivity index (χ0v) is 15.8. The molecule has 1 amide bonds. The number of halogens is 1. The van der Waals surface area contributed by atoms with E-state index in [0.29, 0.717) is 0 Å². The Morgan fingerprint density at radius 2 is 2.15 bits per heavy atom. The van der Waals surface area contributed by atoms with Gasteiger partial charge in [0.25, 0.3) is 5.70 Å². The van der Waals surface area contributed by atoms with Crippen molar-refractivity contribution in [2.75, 3.05) is 7.05 Å². The highest BCUT2D eigenvalue weighted by Crippen LogP contribution is 2.24. The van der Waals surface area contributed by atoms with Gasteiger partial charge in [0, 0.05) is 13.1 Å². The fourth-order valence-electron chi connectivity index (χ4n) is 2.38. The van der Waals surface area contributed by atoms with E-state index < -0.39 is 41.0 Å². The standard InChI is InChI=1S/C17H25FN4O5/c1-6-14-15(18)13(21-16(23)27-17(2,3)4)8-7-12(26-14)9-11(22(24)25)10-20-19-5/h1,9-10,12-15,19H,7-8H2,2-5H3,(H,21,23). The van der Waals surface area contributed by atoms with Crippen molar-refractivity contribution in [3.63, 3.8) is 0 Å². The molecule has 0 aromatic carbocycles. The third-order valence-electron chi connectivity index (χ3n) is 3.52. The second-order valence-electron chi connectivity index (χ2n) is 6.87. The highest BCUT2D eigenvalue weighted by atomic mass is 19.1. The van der Waals surface area contributed by atoms with Gasteiger partial charge in [-0.2, -0.15) is 5.10 Å². The SMILES string of the molecule is C#CC1OC(C=C(C=NNC)[N+](=O)[O-])CCC(NC(=O)OC(C)(C)C)C1F. The molecule has 0 aromatic heterocycles. The van der Waals surface area contributed by atoms with Crippen molar-refractivity contribution >= 4 is 12.3 Å². The number of amides is 1. The summed E-state index contributed by atoms with van der Waals surface area (Å²) in [6.45, 7) is 5.06. The average Bonchev–Trinajstić information content (AvgIpc) is 2.69. The molecule has 1 aliphatic rings. The Hall–Kier alpha value is -2.67. The van der Waals surface area contributed by atoms with Crippen molar-refractivity contribution < 1.29 is 23.6 Å². The van der Waals surface area contributed by atoms with Crippen molar-refractivity contribution in [2.24, 2.45) is 5.10 Å². The van der Waals surface area contributed by atoms with Crippen LogP contribution < -0.4 is 10.7 Å². The summed E-state index contributed by atoms with van der Waals surface area (Å²) in [6.07, 6.45) is 3.40. The Kier molecular flexibility index (Phi) is 8.18. The summed E-state index contributed by atoms with van der Waals surface area (Å²) >= 11 is 0. The van der Waals surface area contributed by atoms with E-state index in [1.807, 2.05) is 0 Å². The van der Waals surface area contributed by atoms with Gasteiger partial charge in [-0.05, 0) is 33.6 Å². The smallest absolute Gasteiger partial charge is 0.407 e. The minimum absolute atomic E-state index is 0.161. The molecular formula is C17H25FN4O5. The van der Waals surface area contributed by atoms with Gasteiger partial charge in [0.15, 0.2) is 12.3 Å². The molecule has 0 bridgehead atoms. The van der Waals surface area contributed by atoms with Gasteiger partial charge in [-0.15, -0.1) is 6.42 Å². The van der Waals surface area contributed by atoms with E-state index in [1.54, 1.807) is 20.8 Å². The third kappa shape index (κ3) is 7.62. The summed E-state index contributed by atoms with van der Waals surface area (Å²) in [5.41, 5.74) is 1.35. The lowest BCUT2D eigenvalue weighted by atomic mass is 10.0. The van der Waals surface area contributed by atoms with Gasteiger partial charge in [-0.3, -0.25) is 10.1 Å². The number of nitro groups is 1. The first-order valence-electron chi connectivity index (χ1n) is 8.38. The number of hydrogen-bond donors (Lipinski definition) is 2. The summed E-state index contributed by atoms with van der Waals surface area (Å²) in [4.78, 5) is 22.4. The topological polar surface area (TPSA) is 115 Å². The predicted molar refractivity (Wildman–Crippen MR) is 97.4 cm³/mol. The van der Waals surface area contributed by atoms with Crippen LogP contribution in [0.25, 0.3) is 0 Å². The molecule has 0 spiro atoms. The van der Waals surface area contributed by atoms with Gasteiger partial charge in [-0.25, -0.2) is 9.18 Å². The van der Waals surface area contributed by atoms with Crippen LogP contribution in [-0.4, -0.2) is 54.3 Å². The van der Waals surface area contributed by atoms with Crippen LogP contribution in [0.2, 0.25) is 0 Å². The van der Waals surface area contributed by atoms with E-state index in [2.05, 4.69) is 21.8 Å². The molecule has 1 saturated heterocycles. The largest absolute Gasteiger partial charge is 0.444 e. The Labute approximate surface area is 157 Å². The molecule has 2 N–H and O–H groups in total. The number of terminal acetylenes is 1. The van der Waals surface area contributed by atoms with Crippen molar-refractivity contribution in [2.45, 2.75) is 63.6 Å². The molecule has 0 aliphatic carbocycles. The molecule has 10 heteroatoms. The van der Waals surface area contributed by atoms with E-state index in [-0.39, 0.29) is 18.5 Å². The highest BCUT2D eigenvalue weighted by molar-refractivity contribution is 5.75. The van der Waals surface area contributed by atoms with Crippen LogP contribution in [0.5, 0.6) is 0 Å². The quantitative estimate of drug-likeness (QED) is 0.323. The maximum absolute atomic E-state index is 14.7. The lowest BCUT2D eigenvalue weighted by Crippen LogP contribution is -2.47. The van der Waals surface area contributed by atoms with E-state index in [9.17, 15) is 19.3 Å². The zero-order valence-electron chi connectivity index (χ0n) is 15.8. The summed E-state index contributed by atoms with van der Waals surface area (Å²) in [6, 6.07) is -0.940. The number of carbonyl (C=O) groups is 1. The average molecular weight is 384 g/mol. The van der Waals surface area contributed by atoms with Crippen LogP contribution >= 0.6 is 0 Å². The Morgan fingerprint density at radius 1 is 1.48 bits per heavy atom. The number of nitrogens with zero attached hydrogens (tertiary/aromatic N) is 2. The van der Waals surface area contributed by atoms with E-state index >= 15 is 0 Å². The minimum Gasteiger partial charge on any atom is -0.444 e. The van der Waals surface area contributed by atoms with Crippen LogP contribution in [0.3, 0.4) is 0 Å². The van der Waals surface area contributed by atoms with E-state index in [1.165, 1.54) is 13.1 Å². The van der Waals surface area contributed by atoms with Crippen LogP contribution in [0, 0.1) is 22.5 Å². The van der Waals surface area contributed by atoms with E-state index in [4.69, 9.17) is 15.9 Å². The molecule has 4 atom stereocenters. The van der Waals surface area contributed by atoms with Gasteiger partial charge in [0.1, 0.15) is 11.8 Å². The van der Waals surface area contributed by atoms with Crippen molar-refractivity contribution in [1.82, 2.24) is 10.7 Å². The second kappa shape index (κ2) is 9.87. The van der Waals surface area contributed by atoms with Gasteiger partial charge in [-0.1, -0.05) is 5.92 Å². The second-order valence-corrected chi connectivity index (χ2v) is 6.87. The summed E-state index contributed by atoms with van der Waals surface area (Å²) in [7, 11) is 1.49. The first kappa shape index (κ1) is 22.4. The maximum atomic E-state index is 14.7. The van der Waals surface area contributed by atoms with Crippen molar-refractivity contribution in [3.8, 4) is 12.3 Å². The molecule has 1 rings (SSSR count). The van der Waals surface area contributed by atoms with Gasteiger partial charge < -0.3 is 20.2 Å². The first-order valence-corrected chi connectivity index (χ1v) is 8.38. The molecule has 1 aliphatic heterocycles. The zero-order chi connectivity index (χ0) is 20.6. The number of hydrazone groups is 1. The monoisotopic (exact) mass is 384 g/mol. The Balaban J connectivity index is 2.94. The third-order valence-corrected chi connectivity index (χ3v) is 3.52. The van der Waals surface area contributed by atoms with Crippen LogP contribution in [-0.2, 0) is 9.47 Å². The fraction of sp³-hybridized carbons (Fsp3) is 0.647. The van der Waals surface area contributed by atoms with Crippen LogP contribution in [0.15, 0.2) is 16.9 Å². The van der Waals surface area contributed by atoms with Gasteiger partial charge in [0.2, 0.25) is 0 Å². The highest BCUT2D eigenvalue weighted by Gasteiger charge is 2.36. The molecule has 27 heavy (non-hydrogen) atoms. The summed E-state index contributed by atoms with van der Waals surface area (Å²) < 4.78 is 25.3. The number of hydrogen-bond acceptors (Lipinski definition) is 7. The number of alkyl halides is 1. The van der Waals surface area contributed by atoms with Gasteiger partial charge in [0.05, 0.1) is 17.1 Å². The molecule has 150 valence electrons. The lowest BCUT2D eigenvalue weighted by molar-refractivity contribution is -0.414. The molecular weight excluding hydrogens is 359 g/mol. The Bertz CT molecular complexity index is 638. The molecule has 0 aromatic rings. The summed E-state index contributed by atoms with van der Waals surface area (Å²) in [5.74, 6) is 2.19. The first-order chi connectivity index (χ1) is 12.6. The normalized spacial score (nSPS) is 26.7. The van der Waals surface area contributed by atoms with Crippen LogP contribution in [0.1, 0.15) is 33.6 Å². The molecule has 1 heterocycles. The number of alkyl carbamates (subject to hydrolysis) is 1. The summed E-state index contributed by atoms with van der Waals surface area (Å²) in [5, 5.41) is 17.2. The maximum Gasteiger partial charge on any atom is 0.407 e. The van der Waals surface area contributed by atoms with Crippen molar-refractivity contribution in [3.05, 3.63) is 21.9 Å². The minimum atomic E-state index is -1.69. The molecule has 9 nitrogen and oxygen atoms in total. The number of carbonyl (C=O) groups excluding carboxylic acids is 1. The molecule has 0 radical (unpaired) electrons. The lowest BCUT2D eigenvalue weighted by Gasteiger charge is -2.25. The van der Waals surface area contributed by atoms with E-state index in [0.717, 1.165) is 6.21 Å².